The number of carbonyl (C=O) groups excluding carboxylic acids is 1. The van der Waals surface area contributed by atoms with Crippen LogP contribution in [0.4, 0.5) is 5.69 Å². The molecule has 0 unspecified atom stereocenters. The first kappa shape index (κ1) is 14.7. The van der Waals surface area contributed by atoms with Crippen molar-refractivity contribution in [2.24, 2.45) is 0 Å². The third kappa shape index (κ3) is 4.40. The van der Waals surface area contributed by atoms with Crippen molar-refractivity contribution < 1.29 is 4.79 Å². The molecular formula is C13H18BrN3OS. The molecule has 3 N–H and O–H groups in total. The Morgan fingerprint density at radius 2 is 2.16 bits per heavy atom. The largest absolute Gasteiger partial charge is 0.398 e. The van der Waals surface area contributed by atoms with Crippen molar-refractivity contribution in [3.63, 3.8) is 0 Å². The average Bonchev–Trinajstić information content (AvgIpc) is 2.42. The van der Waals surface area contributed by atoms with Crippen LogP contribution in [0.5, 0.6) is 0 Å². The van der Waals surface area contributed by atoms with Crippen LogP contribution in [0.15, 0.2) is 27.6 Å². The van der Waals surface area contributed by atoms with E-state index >= 15 is 0 Å². The second kappa shape index (κ2) is 7.17. The monoisotopic (exact) mass is 343 g/mol. The van der Waals surface area contributed by atoms with E-state index in [1.165, 1.54) is 0 Å². The molecule has 1 heterocycles. The Labute approximate surface area is 126 Å². The number of rotatable bonds is 4. The fourth-order valence-corrected chi connectivity index (χ4v) is 3.24. The van der Waals surface area contributed by atoms with Gasteiger partial charge in [-0.25, -0.2) is 0 Å². The summed E-state index contributed by atoms with van der Waals surface area (Å²) in [5.74, 6) is 1.01. The van der Waals surface area contributed by atoms with E-state index in [9.17, 15) is 4.79 Å². The predicted octanol–water partition coefficient (Wildman–Crippen LogP) is 1.95. The first-order chi connectivity index (χ1) is 9.16. The molecule has 0 bridgehead atoms. The molecule has 1 saturated heterocycles. The summed E-state index contributed by atoms with van der Waals surface area (Å²) in [5, 5.41) is 3.24. The van der Waals surface area contributed by atoms with Gasteiger partial charge in [-0.15, -0.1) is 11.8 Å². The molecule has 19 heavy (non-hydrogen) atoms. The Hall–Kier alpha value is -0.720. The summed E-state index contributed by atoms with van der Waals surface area (Å²) in [6, 6.07) is 5.84. The number of piperazine rings is 1. The number of nitrogens with two attached hydrogens (primary N) is 1. The number of hydrogen-bond donors (Lipinski definition) is 2. The van der Waals surface area contributed by atoms with Gasteiger partial charge in [0.1, 0.15) is 0 Å². The minimum Gasteiger partial charge on any atom is -0.398 e. The molecule has 1 aromatic rings. The van der Waals surface area contributed by atoms with Crippen LogP contribution in [0, 0.1) is 0 Å². The molecule has 4 nitrogen and oxygen atoms in total. The van der Waals surface area contributed by atoms with E-state index in [-0.39, 0.29) is 5.91 Å². The Kier molecular flexibility index (Phi) is 5.54. The molecule has 1 aliphatic rings. The van der Waals surface area contributed by atoms with E-state index in [1.54, 1.807) is 11.8 Å². The zero-order valence-corrected chi connectivity index (χ0v) is 13.1. The topological polar surface area (TPSA) is 58.4 Å². The maximum Gasteiger partial charge on any atom is 0.223 e. The number of halogens is 1. The number of nitrogen functional groups attached to an aromatic ring is 1. The van der Waals surface area contributed by atoms with Gasteiger partial charge < -0.3 is 16.0 Å². The molecule has 0 radical (unpaired) electrons. The van der Waals surface area contributed by atoms with Gasteiger partial charge >= 0.3 is 0 Å². The van der Waals surface area contributed by atoms with E-state index in [4.69, 9.17) is 5.73 Å². The molecule has 0 atom stereocenters. The highest BCUT2D eigenvalue weighted by Crippen LogP contribution is 2.28. The van der Waals surface area contributed by atoms with Crippen LogP contribution >= 0.6 is 27.7 Å². The van der Waals surface area contributed by atoms with Crippen LogP contribution in [0.25, 0.3) is 0 Å². The van der Waals surface area contributed by atoms with Crippen molar-refractivity contribution >= 4 is 39.3 Å². The number of anilines is 1. The lowest BCUT2D eigenvalue weighted by Crippen LogP contribution is -2.46. The van der Waals surface area contributed by atoms with Gasteiger partial charge in [0.25, 0.3) is 0 Å². The average molecular weight is 344 g/mol. The molecule has 1 fully saturated rings. The van der Waals surface area contributed by atoms with Gasteiger partial charge in [0.2, 0.25) is 5.91 Å². The highest BCUT2D eigenvalue weighted by Gasteiger charge is 2.15. The van der Waals surface area contributed by atoms with Crippen molar-refractivity contribution in [2.75, 3.05) is 37.7 Å². The first-order valence-corrected chi connectivity index (χ1v) is 8.11. The quantitative estimate of drug-likeness (QED) is 0.648. The Bertz CT molecular complexity index is 450. The van der Waals surface area contributed by atoms with Gasteiger partial charge in [-0.3, -0.25) is 4.79 Å². The van der Waals surface area contributed by atoms with Gasteiger partial charge in [-0.2, -0.15) is 0 Å². The highest BCUT2D eigenvalue weighted by molar-refractivity contribution is 9.10. The van der Waals surface area contributed by atoms with Crippen molar-refractivity contribution in [3.8, 4) is 0 Å². The van der Waals surface area contributed by atoms with Gasteiger partial charge in [0, 0.05) is 53.4 Å². The Morgan fingerprint density at radius 3 is 2.84 bits per heavy atom. The summed E-state index contributed by atoms with van der Waals surface area (Å²) in [6.45, 7) is 3.45. The minimum absolute atomic E-state index is 0.240. The molecule has 6 heteroatoms. The molecule has 1 amide bonds. The number of amides is 1. The van der Waals surface area contributed by atoms with Gasteiger partial charge in [-0.05, 0) is 18.2 Å². The predicted molar refractivity (Wildman–Crippen MR) is 83.3 cm³/mol. The summed E-state index contributed by atoms with van der Waals surface area (Å²) < 4.78 is 0.978. The zero-order valence-electron chi connectivity index (χ0n) is 10.7. The van der Waals surface area contributed by atoms with Crippen molar-refractivity contribution in [3.05, 3.63) is 22.7 Å². The van der Waals surface area contributed by atoms with Crippen molar-refractivity contribution in [2.45, 2.75) is 11.3 Å². The smallest absolute Gasteiger partial charge is 0.223 e. The standard InChI is InChI=1S/C13H18BrN3OS/c14-10-1-2-12(11(15)9-10)19-8-3-13(18)17-6-4-16-5-7-17/h1-2,9,16H,3-8,15H2. The first-order valence-electron chi connectivity index (χ1n) is 6.33. The molecule has 0 aliphatic carbocycles. The lowest BCUT2D eigenvalue weighted by molar-refractivity contribution is -0.131. The molecule has 0 aromatic heterocycles. The van der Waals surface area contributed by atoms with E-state index in [0.29, 0.717) is 6.42 Å². The summed E-state index contributed by atoms with van der Waals surface area (Å²) >= 11 is 5.02. The zero-order chi connectivity index (χ0) is 13.7. The van der Waals surface area contributed by atoms with Crippen LogP contribution in [0.1, 0.15) is 6.42 Å². The lowest BCUT2D eigenvalue weighted by atomic mass is 10.3. The van der Waals surface area contributed by atoms with Crippen LogP contribution in [0.3, 0.4) is 0 Å². The molecule has 2 rings (SSSR count). The van der Waals surface area contributed by atoms with E-state index < -0.39 is 0 Å². The van der Waals surface area contributed by atoms with Crippen molar-refractivity contribution in [1.29, 1.82) is 0 Å². The number of thioether (sulfide) groups is 1. The molecule has 1 aromatic carbocycles. The normalized spacial score (nSPS) is 15.5. The number of hydrogen-bond acceptors (Lipinski definition) is 4. The second-order valence-corrected chi connectivity index (χ2v) is 6.46. The van der Waals surface area contributed by atoms with E-state index in [2.05, 4.69) is 21.2 Å². The number of nitrogens with zero attached hydrogens (tertiary/aromatic N) is 1. The third-order valence-electron chi connectivity index (χ3n) is 3.02. The van der Waals surface area contributed by atoms with Crippen LogP contribution in [-0.4, -0.2) is 42.7 Å². The van der Waals surface area contributed by atoms with E-state index in [0.717, 1.165) is 47.0 Å². The van der Waals surface area contributed by atoms with Crippen LogP contribution in [-0.2, 0) is 4.79 Å². The fraction of sp³-hybridized carbons (Fsp3) is 0.462. The maximum absolute atomic E-state index is 12.0. The number of carbonyl (C=O) groups is 1. The second-order valence-electron chi connectivity index (χ2n) is 4.41. The summed E-state index contributed by atoms with van der Waals surface area (Å²) in [6.07, 6.45) is 0.570. The van der Waals surface area contributed by atoms with E-state index in [1.807, 2.05) is 23.1 Å². The SMILES string of the molecule is Nc1cc(Br)ccc1SCCC(=O)N1CCNCC1. The van der Waals surface area contributed by atoms with Crippen molar-refractivity contribution in [1.82, 2.24) is 10.2 Å². The van der Waals surface area contributed by atoms with Gasteiger partial charge in [0.15, 0.2) is 0 Å². The molecular weight excluding hydrogens is 326 g/mol. The fourth-order valence-electron chi connectivity index (χ4n) is 1.97. The maximum atomic E-state index is 12.0. The Balaban J connectivity index is 1.78. The summed E-state index contributed by atoms with van der Waals surface area (Å²) in [7, 11) is 0. The highest BCUT2D eigenvalue weighted by atomic mass is 79.9. The molecule has 1 aliphatic heterocycles. The summed E-state index contributed by atoms with van der Waals surface area (Å²) in [5.41, 5.74) is 6.68. The molecule has 0 spiro atoms. The summed E-state index contributed by atoms with van der Waals surface area (Å²) in [4.78, 5) is 14.9. The third-order valence-corrected chi connectivity index (χ3v) is 4.60. The van der Waals surface area contributed by atoms with Crippen LogP contribution < -0.4 is 11.1 Å². The van der Waals surface area contributed by atoms with Gasteiger partial charge in [-0.1, -0.05) is 15.9 Å². The number of benzene rings is 1. The molecule has 104 valence electrons. The Morgan fingerprint density at radius 1 is 1.42 bits per heavy atom. The number of nitrogens with one attached hydrogen (secondary N) is 1. The van der Waals surface area contributed by atoms with Crippen LogP contribution in [0.2, 0.25) is 0 Å². The van der Waals surface area contributed by atoms with Gasteiger partial charge in [0.05, 0.1) is 0 Å². The lowest BCUT2D eigenvalue weighted by Gasteiger charge is -2.27. The molecule has 0 saturated carbocycles. The minimum atomic E-state index is 0.240.